The third-order valence-electron chi connectivity index (χ3n) is 2.65. The number of nitrogens with one attached hydrogen (secondary N) is 1. The summed E-state index contributed by atoms with van der Waals surface area (Å²) in [5.41, 5.74) is 0. The predicted molar refractivity (Wildman–Crippen MR) is 77.7 cm³/mol. The van der Waals surface area contributed by atoms with E-state index in [2.05, 4.69) is 10.3 Å². The summed E-state index contributed by atoms with van der Waals surface area (Å²) in [6, 6.07) is 3.29. The van der Waals surface area contributed by atoms with Gasteiger partial charge in [0.05, 0.1) is 0 Å². The van der Waals surface area contributed by atoms with Crippen LogP contribution in [-0.2, 0) is 10.0 Å². The Kier molecular flexibility index (Phi) is 5.75. The number of hydrogen-bond acceptors (Lipinski definition) is 4. The fourth-order valence-electron chi connectivity index (χ4n) is 1.77. The lowest BCUT2D eigenvalue weighted by molar-refractivity contribution is 0.381. The van der Waals surface area contributed by atoms with E-state index in [-0.39, 0.29) is 4.90 Å². The first-order valence-corrected chi connectivity index (χ1v) is 8.05. The summed E-state index contributed by atoms with van der Waals surface area (Å²) in [5, 5.41) is 3.04. The average molecular weight is 285 g/mol. The molecule has 0 amide bonds. The van der Waals surface area contributed by atoms with Crippen molar-refractivity contribution in [1.82, 2.24) is 9.29 Å². The number of aromatic nitrogens is 1. The zero-order valence-corrected chi connectivity index (χ0v) is 12.9. The fourth-order valence-corrected chi connectivity index (χ4v) is 3.33. The second-order valence-corrected chi connectivity index (χ2v) is 6.70. The zero-order valence-electron chi connectivity index (χ0n) is 12.0. The Labute approximate surface area is 116 Å². The van der Waals surface area contributed by atoms with Crippen LogP contribution in [0.4, 0.5) is 5.82 Å². The van der Waals surface area contributed by atoms with Gasteiger partial charge in [0.15, 0.2) is 0 Å². The minimum Gasteiger partial charge on any atom is -0.370 e. The minimum absolute atomic E-state index is 0.247. The lowest BCUT2D eigenvalue weighted by atomic mass is 10.2. The highest BCUT2D eigenvalue weighted by Crippen LogP contribution is 2.17. The molecule has 1 aromatic heterocycles. The summed E-state index contributed by atoms with van der Waals surface area (Å²) in [4.78, 5) is 4.36. The van der Waals surface area contributed by atoms with Crippen molar-refractivity contribution in [3.63, 3.8) is 0 Å². The smallest absolute Gasteiger partial charge is 0.244 e. The molecule has 0 saturated carbocycles. The maximum Gasteiger partial charge on any atom is 0.244 e. The van der Waals surface area contributed by atoms with Gasteiger partial charge in [-0.2, -0.15) is 4.31 Å². The molecule has 0 fully saturated rings. The molecule has 0 aromatic carbocycles. The van der Waals surface area contributed by atoms with Crippen molar-refractivity contribution in [3.8, 4) is 0 Å². The Morgan fingerprint density at radius 1 is 1.32 bits per heavy atom. The van der Waals surface area contributed by atoms with E-state index in [4.69, 9.17) is 0 Å². The van der Waals surface area contributed by atoms with Gasteiger partial charge in [0, 0.05) is 25.8 Å². The molecule has 6 heteroatoms. The van der Waals surface area contributed by atoms with E-state index in [0.29, 0.717) is 24.8 Å². The van der Waals surface area contributed by atoms with Gasteiger partial charge in [0.25, 0.3) is 0 Å². The van der Waals surface area contributed by atoms with Crippen LogP contribution in [0.15, 0.2) is 23.2 Å². The highest BCUT2D eigenvalue weighted by molar-refractivity contribution is 7.89. The van der Waals surface area contributed by atoms with Crippen molar-refractivity contribution < 1.29 is 8.42 Å². The number of anilines is 1. The topological polar surface area (TPSA) is 62.3 Å². The maximum absolute atomic E-state index is 12.4. The number of rotatable bonds is 7. The van der Waals surface area contributed by atoms with E-state index in [1.54, 1.807) is 12.1 Å². The van der Waals surface area contributed by atoms with Gasteiger partial charge in [-0.15, -0.1) is 0 Å². The highest BCUT2D eigenvalue weighted by Gasteiger charge is 2.23. The molecule has 1 N–H and O–H groups in total. The van der Waals surface area contributed by atoms with Gasteiger partial charge in [-0.3, -0.25) is 0 Å². The SMILES string of the molecule is CCNc1ccc(S(=O)(=O)N(CC)CC(C)C)cn1. The van der Waals surface area contributed by atoms with Crippen LogP contribution >= 0.6 is 0 Å². The van der Waals surface area contributed by atoms with Crippen LogP contribution in [0.3, 0.4) is 0 Å². The number of hydrogen-bond donors (Lipinski definition) is 1. The van der Waals surface area contributed by atoms with Gasteiger partial charge in [-0.25, -0.2) is 13.4 Å². The Morgan fingerprint density at radius 3 is 2.42 bits per heavy atom. The Hall–Kier alpha value is -1.14. The molecule has 1 aromatic rings. The van der Waals surface area contributed by atoms with Gasteiger partial charge in [-0.05, 0) is 25.0 Å². The predicted octanol–water partition coefficient (Wildman–Crippen LogP) is 2.18. The summed E-state index contributed by atoms with van der Waals surface area (Å²) in [5.74, 6) is 0.983. The molecule has 0 atom stereocenters. The van der Waals surface area contributed by atoms with E-state index in [1.165, 1.54) is 10.5 Å². The monoisotopic (exact) mass is 285 g/mol. The first kappa shape index (κ1) is 15.9. The normalized spacial score (nSPS) is 12.1. The van der Waals surface area contributed by atoms with E-state index in [9.17, 15) is 8.42 Å². The molecule has 0 radical (unpaired) electrons. The molecule has 0 aliphatic heterocycles. The van der Waals surface area contributed by atoms with Crippen molar-refractivity contribution in [2.75, 3.05) is 25.0 Å². The first-order chi connectivity index (χ1) is 8.91. The molecule has 1 heterocycles. The number of nitrogens with zero attached hydrogens (tertiary/aromatic N) is 2. The Bertz CT molecular complexity index is 483. The molecule has 108 valence electrons. The van der Waals surface area contributed by atoms with Gasteiger partial charge in [0.2, 0.25) is 10.0 Å². The third-order valence-corrected chi connectivity index (χ3v) is 4.58. The Balaban J connectivity index is 2.98. The Morgan fingerprint density at radius 2 is 2.00 bits per heavy atom. The molecule has 0 aliphatic rings. The van der Waals surface area contributed by atoms with Crippen LogP contribution in [0.1, 0.15) is 27.7 Å². The van der Waals surface area contributed by atoms with Crippen molar-refractivity contribution in [2.45, 2.75) is 32.6 Å². The summed E-state index contributed by atoms with van der Waals surface area (Å²) in [7, 11) is -3.43. The maximum atomic E-state index is 12.4. The first-order valence-electron chi connectivity index (χ1n) is 6.61. The minimum atomic E-state index is -3.43. The van der Waals surface area contributed by atoms with Crippen LogP contribution in [0.25, 0.3) is 0 Å². The lowest BCUT2D eigenvalue weighted by Gasteiger charge is -2.22. The summed E-state index contributed by atoms with van der Waals surface area (Å²) < 4.78 is 26.4. The molecule has 0 saturated heterocycles. The molecule has 1 rings (SSSR count). The van der Waals surface area contributed by atoms with Gasteiger partial charge < -0.3 is 5.32 Å². The summed E-state index contributed by atoms with van der Waals surface area (Å²) >= 11 is 0. The van der Waals surface area contributed by atoms with E-state index >= 15 is 0 Å². The largest absolute Gasteiger partial charge is 0.370 e. The van der Waals surface area contributed by atoms with Crippen molar-refractivity contribution in [1.29, 1.82) is 0 Å². The van der Waals surface area contributed by atoms with Crippen molar-refractivity contribution in [3.05, 3.63) is 18.3 Å². The second-order valence-electron chi connectivity index (χ2n) is 4.76. The quantitative estimate of drug-likeness (QED) is 0.834. The van der Waals surface area contributed by atoms with Crippen LogP contribution in [0.2, 0.25) is 0 Å². The van der Waals surface area contributed by atoms with E-state index in [0.717, 1.165) is 6.54 Å². The third kappa shape index (κ3) is 4.18. The molecule has 5 nitrogen and oxygen atoms in total. The lowest BCUT2D eigenvalue weighted by Crippen LogP contribution is -2.34. The number of pyridine rings is 1. The van der Waals surface area contributed by atoms with E-state index in [1.807, 2.05) is 27.7 Å². The second kappa shape index (κ2) is 6.86. The average Bonchev–Trinajstić information content (AvgIpc) is 2.36. The van der Waals surface area contributed by atoms with Gasteiger partial charge in [-0.1, -0.05) is 20.8 Å². The molecular formula is C13H23N3O2S. The molecule has 19 heavy (non-hydrogen) atoms. The summed E-state index contributed by atoms with van der Waals surface area (Å²) in [6.45, 7) is 9.57. The van der Waals surface area contributed by atoms with Gasteiger partial charge in [0.1, 0.15) is 10.7 Å². The van der Waals surface area contributed by atoms with E-state index < -0.39 is 10.0 Å². The molecule has 0 aliphatic carbocycles. The zero-order chi connectivity index (χ0) is 14.5. The summed E-state index contributed by atoms with van der Waals surface area (Å²) in [6.07, 6.45) is 1.41. The van der Waals surface area contributed by atoms with Gasteiger partial charge >= 0.3 is 0 Å². The number of sulfonamides is 1. The molecule has 0 unspecified atom stereocenters. The standard InChI is InChI=1S/C13H23N3O2S/c1-5-14-13-8-7-12(9-15-13)19(17,18)16(6-2)10-11(3)4/h7-9,11H,5-6,10H2,1-4H3,(H,14,15). The molecule has 0 bridgehead atoms. The molecular weight excluding hydrogens is 262 g/mol. The van der Waals surface area contributed by atoms with Crippen LogP contribution in [-0.4, -0.2) is 37.3 Å². The van der Waals surface area contributed by atoms with Crippen molar-refractivity contribution in [2.24, 2.45) is 5.92 Å². The van der Waals surface area contributed by atoms with Crippen LogP contribution in [0.5, 0.6) is 0 Å². The fraction of sp³-hybridized carbons (Fsp3) is 0.615. The molecule has 0 spiro atoms. The van der Waals surface area contributed by atoms with Crippen molar-refractivity contribution >= 4 is 15.8 Å². The van der Waals surface area contributed by atoms with Crippen LogP contribution in [0, 0.1) is 5.92 Å². The highest BCUT2D eigenvalue weighted by atomic mass is 32.2. The van der Waals surface area contributed by atoms with Crippen LogP contribution < -0.4 is 5.32 Å².